The lowest BCUT2D eigenvalue weighted by Gasteiger charge is -2.38. The van der Waals surface area contributed by atoms with Gasteiger partial charge in [0.1, 0.15) is 0 Å². The van der Waals surface area contributed by atoms with Crippen molar-refractivity contribution < 1.29 is 4.79 Å². The van der Waals surface area contributed by atoms with Gasteiger partial charge in [0.05, 0.1) is 11.5 Å². The third-order valence-electron chi connectivity index (χ3n) is 5.68. The van der Waals surface area contributed by atoms with E-state index in [2.05, 4.69) is 35.5 Å². The van der Waals surface area contributed by atoms with Gasteiger partial charge in [0.25, 0.3) is 0 Å². The lowest BCUT2D eigenvalue weighted by molar-refractivity contribution is 0.141. The topological polar surface area (TPSA) is 59.4 Å². The largest absolute Gasteiger partial charge is 0.335 e. The number of carbonyl (C=O) groups is 1. The van der Waals surface area contributed by atoms with Crippen molar-refractivity contribution in [1.29, 1.82) is 5.26 Å². The maximum atomic E-state index is 12.5. The quantitative estimate of drug-likeness (QED) is 0.920. The zero-order chi connectivity index (χ0) is 17.7. The van der Waals surface area contributed by atoms with Crippen molar-refractivity contribution in [3.8, 4) is 6.07 Å². The summed E-state index contributed by atoms with van der Waals surface area (Å²) in [7, 11) is 2.12. The Labute approximate surface area is 150 Å². The molecule has 1 aromatic rings. The monoisotopic (exact) mass is 340 g/mol. The molecular weight excluding hydrogens is 312 g/mol. The highest BCUT2D eigenvalue weighted by atomic mass is 16.2. The van der Waals surface area contributed by atoms with Gasteiger partial charge in [-0.25, -0.2) is 4.79 Å². The molecule has 0 saturated carbocycles. The van der Waals surface area contributed by atoms with Crippen molar-refractivity contribution in [1.82, 2.24) is 15.1 Å². The van der Waals surface area contributed by atoms with Crippen LogP contribution in [0.4, 0.5) is 4.79 Å². The van der Waals surface area contributed by atoms with Gasteiger partial charge in [-0.3, -0.25) is 0 Å². The molecule has 0 spiro atoms. The molecule has 5 nitrogen and oxygen atoms in total. The van der Waals surface area contributed by atoms with Crippen LogP contribution in [0, 0.1) is 16.7 Å². The molecule has 2 amide bonds. The van der Waals surface area contributed by atoms with Gasteiger partial charge in [0, 0.05) is 19.1 Å². The van der Waals surface area contributed by atoms with Gasteiger partial charge in [-0.15, -0.1) is 0 Å². The second-order valence-electron chi connectivity index (χ2n) is 7.57. The summed E-state index contributed by atoms with van der Waals surface area (Å²) < 4.78 is 0. The third kappa shape index (κ3) is 4.52. The van der Waals surface area contributed by atoms with E-state index >= 15 is 0 Å². The second kappa shape index (κ2) is 7.88. The maximum Gasteiger partial charge on any atom is 0.317 e. The van der Waals surface area contributed by atoms with E-state index in [4.69, 9.17) is 0 Å². The first-order chi connectivity index (χ1) is 12.1. The molecule has 2 aliphatic heterocycles. The number of amides is 2. The smallest absolute Gasteiger partial charge is 0.317 e. The van der Waals surface area contributed by atoms with Gasteiger partial charge in [0.2, 0.25) is 0 Å². The molecule has 25 heavy (non-hydrogen) atoms. The Bertz CT molecular complexity index is 608. The number of carbonyl (C=O) groups excluding carboxylic acids is 1. The number of urea groups is 1. The highest BCUT2D eigenvalue weighted by Gasteiger charge is 2.36. The Morgan fingerprint density at radius 3 is 2.44 bits per heavy atom. The van der Waals surface area contributed by atoms with E-state index in [9.17, 15) is 10.1 Å². The molecule has 3 rings (SSSR count). The van der Waals surface area contributed by atoms with Crippen LogP contribution in [0.25, 0.3) is 0 Å². The number of likely N-dealkylation sites (tertiary alicyclic amines) is 2. The molecule has 0 aliphatic carbocycles. The first-order valence-corrected chi connectivity index (χ1v) is 9.29. The van der Waals surface area contributed by atoms with E-state index in [0.29, 0.717) is 13.1 Å². The Balaban J connectivity index is 1.51. The normalized spacial score (nSPS) is 21.5. The first-order valence-electron chi connectivity index (χ1n) is 9.29. The van der Waals surface area contributed by atoms with E-state index in [1.165, 1.54) is 5.56 Å². The predicted molar refractivity (Wildman–Crippen MR) is 98.0 cm³/mol. The lowest BCUT2D eigenvalue weighted by atomic mass is 9.75. The summed E-state index contributed by atoms with van der Waals surface area (Å²) in [5.41, 5.74) is 0.861. The lowest BCUT2D eigenvalue weighted by Crippen LogP contribution is -2.52. The molecule has 0 radical (unpaired) electrons. The van der Waals surface area contributed by atoms with Crippen LogP contribution in [0.15, 0.2) is 30.3 Å². The summed E-state index contributed by atoms with van der Waals surface area (Å²) in [4.78, 5) is 16.7. The summed E-state index contributed by atoms with van der Waals surface area (Å²) >= 11 is 0. The number of nitrogens with one attached hydrogen (secondary N) is 1. The van der Waals surface area contributed by atoms with Gasteiger partial charge >= 0.3 is 6.03 Å². The highest BCUT2D eigenvalue weighted by Crippen LogP contribution is 2.34. The van der Waals surface area contributed by atoms with E-state index in [1.54, 1.807) is 0 Å². The molecular formula is C20H28N4O. The number of hydrogen-bond acceptors (Lipinski definition) is 3. The Morgan fingerprint density at radius 2 is 1.84 bits per heavy atom. The minimum Gasteiger partial charge on any atom is -0.335 e. The molecule has 134 valence electrons. The Hall–Kier alpha value is -2.06. The number of benzene rings is 1. The van der Waals surface area contributed by atoms with Crippen LogP contribution < -0.4 is 5.32 Å². The molecule has 2 heterocycles. The zero-order valence-electron chi connectivity index (χ0n) is 15.1. The summed E-state index contributed by atoms with van der Waals surface area (Å²) in [6.45, 7) is 3.41. The Kier molecular flexibility index (Phi) is 5.60. The van der Waals surface area contributed by atoms with E-state index in [1.807, 2.05) is 23.1 Å². The van der Waals surface area contributed by atoms with Gasteiger partial charge in [-0.2, -0.15) is 5.26 Å². The molecule has 2 fully saturated rings. The van der Waals surface area contributed by atoms with Gasteiger partial charge in [0.15, 0.2) is 0 Å². The minimum absolute atomic E-state index is 0.0424. The summed E-state index contributed by atoms with van der Waals surface area (Å²) in [6, 6.07) is 13.1. The van der Waals surface area contributed by atoms with Gasteiger partial charge in [-0.05, 0) is 57.8 Å². The van der Waals surface area contributed by atoms with Crippen LogP contribution in [-0.2, 0) is 6.42 Å². The average molecular weight is 340 g/mol. The number of nitriles is 1. The van der Waals surface area contributed by atoms with Crippen molar-refractivity contribution in [2.45, 2.75) is 38.1 Å². The molecule has 1 aromatic carbocycles. The van der Waals surface area contributed by atoms with Crippen LogP contribution in [0.3, 0.4) is 0 Å². The number of hydrogen-bond donors (Lipinski definition) is 1. The number of rotatable bonds is 3. The van der Waals surface area contributed by atoms with Crippen LogP contribution in [0.5, 0.6) is 0 Å². The second-order valence-corrected chi connectivity index (χ2v) is 7.57. The molecule has 0 aromatic heterocycles. The molecule has 1 N–H and O–H groups in total. The fourth-order valence-electron chi connectivity index (χ4n) is 3.87. The van der Waals surface area contributed by atoms with Crippen molar-refractivity contribution in [3.05, 3.63) is 35.9 Å². The summed E-state index contributed by atoms with van der Waals surface area (Å²) in [5.74, 6) is 0. The SMILES string of the molecule is CN1CCC(NC(=O)N2CCC(C#N)(Cc3ccccc3)CC2)CC1. The van der Waals surface area contributed by atoms with Crippen molar-refractivity contribution >= 4 is 6.03 Å². The van der Waals surface area contributed by atoms with Crippen molar-refractivity contribution in [2.24, 2.45) is 5.41 Å². The molecule has 0 unspecified atom stereocenters. The number of nitrogens with zero attached hydrogens (tertiary/aromatic N) is 3. The van der Waals surface area contributed by atoms with Crippen LogP contribution in [-0.4, -0.2) is 55.1 Å². The van der Waals surface area contributed by atoms with Crippen LogP contribution in [0.2, 0.25) is 0 Å². The highest BCUT2D eigenvalue weighted by molar-refractivity contribution is 5.74. The van der Waals surface area contributed by atoms with Gasteiger partial charge in [-0.1, -0.05) is 30.3 Å². The summed E-state index contributed by atoms with van der Waals surface area (Å²) in [6.07, 6.45) is 4.31. The van der Waals surface area contributed by atoms with E-state index in [0.717, 1.165) is 45.2 Å². The molecule has 2 saturated heterocycles. The molecule has 0 bridgehead atoms. The number of piperidine rings is 2. The van der Waals surface area contributed by atoms with Gasteiger partial charge < -0.3 is 15.1 Å². The summed E-state index contributed by atoms with van der Waals surface area (Å²) in [5, 5.41) is 12.9. The van der Waals surface area contributed by atoms with Crippen molar-refractivity contribution in [3.63, 3.8) is 0 Å². The predicted octanol–water partition coefficient (Wildman–Crippen LogP) is 2.64. The van der Waals surface area contributed by atoms with E-state index < -0.39 is 0 Å². The third-order valence-corrected chi connectivity index (χ3v) is 5.68. The molecule has 5 heteroatoms. The van der Waals surface area contributed by atoms with Crippen LogP contribution in [0.1, 0.15) is 31.2 Å². The van der Waals surface area contributed by atoms with Crippen molar-refractivity contribution in [2.75, 3.05) is 33.2 Å². The Morgan fingerprint density at radius 1 is 1.20 bits per heavy atom. The fraction of sp³-hybridized carbons (Fsp3) is 0.600. The first kappa shape index (κ1) is 17.8. The maximum absolute atomic E-state index is 12.5. The standard InChI is InChI=1S/C20H28N4O/c1-23-11-7-18(8-12-23)22-19(25)24-13-9-20(16-21,10-14-24)15-17-5-3-2-4-6-17/h2-6,18H,7-15H2,1H3,(H,22,25). The average Bonchev–Trinajstić information content (AvgIpc) is 2.65. The van der Waals surface area contributed by atoms with Crippen LogP contribution >= 0.6 is 0 Å². The molecule has 0 atom stereocenters. The minimum atomic E-state index is -0.342. The molecule has 2 aliphatic rings. The fourth-order valence-corrected chi connectivity index (χ4v) is 3.87. The zero-order valence-corrected chi connectivity index (χ0v) is 15.1. The van der Waals surface area contributed by atoms with E-state index in [-0.39, 0.29) is 17.5 Å².